The molecule has 3 nitrogen and oxygen atoms in total. The summed E-state index contributed by atoms with van der Waals surface area (Å²) in [5.41, 5.74) is -0.191. The third-order valence-corrected chi connectivity index (χ3v) is 3.30. The van der Waals surface area contributed by atoms with Gasteiger partial charge in [-0.15, -0.1) is 0 Å². The molecule has 0 unspecified atom stereocenters. The number of likely N-dealkylation sites (tertiary alicyclic amines) is 1. The van der Waals surface area contributed by atoms with Crippen LogP contribution >= 0.6 is 0 Å². The van der Waals surface area contributed by atoms with Gasteiger partial charge in [0.2, 0.25) is 0 Å². The van der Waals surface area contributed by atoms with Crippen molar-refractivity contribution in [1.29, 1.82) is 0 Å². The minimum atomic E-state index is -0.693. The highest BCUT2D eigenvalue weighted by Gasteiger charge is 2.28. The molecule has 0 aliphatic carbocycles. The lowest BCUT2D eigenvalue weighted by Gasteiger charge is -2.38. The summed E-state index contributed by atoms with van der Waals surface area (Å²) in [5, 5.41) is 8.88. The third kappa shape index (κ3) is 4.20. The van der Waals surface area contributed by atoms with E-state index in [-0.39, 0.29) is 12.0 Å². The van der Waals surface area contributed by atoms with Gasteiger partial charge in [0.15, 0.2) is 0 Å². The molecule has 0 bridgehead atoms. The lowest BCUT2D eigenvalue weighted by Crippen LogP contribution is -2.46. The van der Waals surface area contributed by atoms with Gasteiger partial charge in [-0.05, 0) is 39.8 Å². The van der Waals surface area contributed by atoms with Crippen LogP contribution in [-0.2, 0) is 4.79 Å². The van der Waals surface area contributed by atoms with Crippen LogP contribution in [0, 0.1) is 0 Å². The van der Waals surface area contributed by atoms with Crippen molar-refractivity contribution in [1.82, 2.24) is 4.90 Å². The lowest BCUT2D eigenvalue weighted by molar-refractivity contribution is -0.140. The molecule has 1 aliphatic heterocycles. The minimum absolute atomic E-state index is 0.191. The SMILES string of the molecule is CC(C)(CC(=O)O)N1CCCCCCC1. The van der Waals surface area contributed by atoms with Gasteiger partial charge in [0.25, 0.3) is 0 Å². The second-order valence-corrected chi connectivity index (χ2v) is 5.14. The van der Waals surface area contributed by atoms with Gasteiger partial charge in [-0.2, -0.15) is 0 Å². The van der Waals surface area contributed by atoms with Crippen molar-refractivity contribution in [2.75, 3.05) is 13.1 Å². The molecule has 1 fully saturated rings. The standard InChI is InChI=1S/C12H23NO2/c1-12(2,10-11(14)15)13-8-6-4-3-5-7-9-13/h3-10H2,1-2H3,(H,14,15). The number of nitrogens with zero attached hydrogens (tertiary/aromatic N) is 1. The van der Waals surface area contributed by atoms with Crippen molar-refractivity contribution >= 4 is 5.97 Å². The van der Waals surface area contributed by atoms with Gasteiger partial charge in [0.1, 0.15) is 0 Å². The summed E-state index contributed by atoms with van der Waals surface area (Å²) in [4.78, 5) is 13.1. The lowest BCUT2D eigenvalue weighted by atomic mass is 9.95. The molecule has 1 saturated heterocycles. The Balaban J connectivity index is 2.53. The van der Waals surface area contributed by atoms with E-state index in [4.69, 9.17) is 5.11 Å². The summed E-state index contributed by atoms with van der Waals surface area (Å²) < 4.78 is 0. The Morgan fingerprint density at radius 1 is 1.13 bits per heavy atom. The van der Waals surface area contributed by atoms with Crippen molar-refractivity contribution in [3.05, 3.63) is 0 Å². The van der Waals surface area contributed by atoms with Crippen molar-refractivity contribution in [3.8, 4) is 0 Å². The van der Waals surface area contributed by atoms with Crippen molar-refractivity contribution in [3.63, 3.8) is 0 Å². The molecule has 0 spiro atoms. The number of carboxylic acids is 1. The molecule has 1 rings (SSSR count). The maximum Gasteiger partial charge on any atom is 0.305 e. The summed E-state index contributed by atoms with van der Waals surface area (Å²) in [6.07, 6.45) is 6.59. The molecular formula is C12H23NO2. The Morgan fingerprint density at radius 3 is 2.07 bits per heavy atom. The molecule has 0 atom stereocenters. The van der Waals surface area contributed by atoms with Crippen LogP contribution in [0.2, 0.25) is 0 Å². The average molecular weight is 213 g/mol. The van der Waals surface area contributed by atoms with Gasteiger partial charge in [-0.1, -0.05) is 19.3 Å². The first-order valence-corrected chi connectivity index (χ1v) is 5.99. The van der Waals surface area contributed by atoms with E-state index in [1.54, 1.807) is 0 Å². The predicted molar refractivity (Wildman–Crippen MR) is 61.0 cm³/mol. The summed E-state index contributed by atoms with van der Waals surface area (Å²) in [6, 6.07) is 0. The molecule has 0 aromatic carbocycles. The van der Waals surface area contributed by atoms with Crippen LogP contribution in [0.25, 0.3) is 0 Å². The largest absolute Gasteiger partial charge is 0.481 e. The molecular weight excluding hydrogens is 190 g/mol. The average Bonchev–Trinajstić information content (AvgIpc) is 1.98. The maximum absolute atomic E-state index is 10.8. The number of rotatable bonds is 3. The molecule has 0 saturated carbocycles. The minimum Gasteiger partial charge on any atom is -0.481 e. The van der Waals surface area contributed by atoms with Crippen LogP contribution in [0.4, 0.5) is 0 Å². The van der Waals surface area contributed by atoms with Crippen LogP contribution in [0.5, 0.6) is 0 Å². The van der Waals surface area contributed by atoms with E-state index in [9.17, 15) is 4.79 Å². The number of carbonyl (C=O) groups is 1. The monoisotopic (exact) mass is 213 g/mol. The van der Waals surface area contributed by atoms with E-state index in [2.05, 4.69) is 4.90 Å². The normalized spacial score (nSPS) is 20.7. The molecule has 0 aromatic rings. The first kappa shape index (κ1) is 12.5. The van der Waals surface area contributed by atoms with Crippen molar-refractivity contribution in [2.45, 2.75) is 57.9 Å². The molecule has 88 valence electrons. The smallest absolute Gasteiger partial charge is 0.305 e. The van der Waals surface area contributed by atoms with Gasteiger partial charge in [0.05, 0.1) is 6.42 Å². The maximum atomic E-state index is 10.8. The zero-order valence-corrected chi connectivity index (χ0v) is 9.96. The number of hydrogen-bond acceptors (Lipinski definition) is 2. The summed E-state index contributed by atoms with van der Waals surface area (Å²) >= 11 is 0. The quantitative estimate of drug-likeness (QED) is 0.783. The fourth-order valence-electron chi connectivity index (χ4n) is 2.33. The molecule has 1 N–H and O–H groups in total. The first-order chi connectivity index (χ1) is 7.02. The van der Waals surface area contributed by atoms with Gasteiger partial charge in [-0.25, -0.2) is 0 Å². The number of hydrogen-bond donors (Lipinski definition) is 1. The Labute approximate surface area is 92.5 Å². The highest BCUT2D eigenvalue weighted by atomic mass is 16.4. The highest BCUT2D eigenvalue weighted by molar-refractivity contribution is 5.68. The van der Waals surface area contributed by atoms with Crippen molar-refractivity contribution < 1.29 is 9.90 Å². The van der Waals surface area contributed by atoms with E-state index in [1.807, 2.05) is 13.8 Å². The van der Waals surface area contributed by atoms with E-state index >= 15 is 0 Å². The summed E-state index contributed by atoms with van der Waals surface area (Å²) in [6.45, 7) is 6.20. The van der Waals surface area contributed by atoms with Crippen LogP contribution in [-0.4, -0.2) is 34.6 Å². The molecule has 3 heteroatoms. The highest BCUT2D eigenvalue weighted by Crippen LogP contribution is 2.22. The van der Waals surface area contributed by atoms with E-state index in [0.717, 1.165) is 13.1 Å². The Bertz CT molecular complexity index is 206. The molecule has 15 heavy (non-hydrogen) atoms. The molecule has 0 amide bonds. The second kappa shape index (κ2) is 5.50. The zero-order valence-electron chi connectivity index (χ0n) is 9.96. The van der Waals surface area contributed by atoms with Gasteiger partial charge < -0.3 is 5.11 Å². The Kier molecular flexibility index (Phi) is 4.58. The molecule has 1 aliphatic rings. The van der Waals surface area contributed by atoms with Crippen LogP contribution in [0.15, 0.2) is 0 Å². The third-order valence-electron chi connectivity index (χ3n) is 3.30. The second-order valence-electron chi connectivity index (χ2n) is 5.14. The Morgan fingerprint density at radius 2 is 1.60 bits per heavy atom. The van der Waals surface area contributed by atoms with Crippen LogP contribution in [0.3, 0.4) is 0 Å². The van der Waals surface area contributed by atoms with Gasteiger partial charge in [0, 0.05) is 5.54 Å². The summed E-state index contributed by atoms with van der Waals surface area (Å²) in [7, 11) is 0. The van der Waals surface area contributed by atoms with Crippen LogP contribution in [0.1, 0.15) is 52.4 Å². The first-order valence-electron chi connectivity index (χ1n) is 5.99. The van der Waals surface area contributed by atoms with E-state index < -0.39 is 5.97 Å². The van der Waals surface area contributed by atoms with E-state index in [0.29, 0.717) is 0 Å². The fourth-order valence-corrected chi connectivity index (χ4v) is 2.33. The van der Waals surface area contributed by atoms with Crippen molar-refractivity contribution in [2.24, 2.45) is 0 Å². The van der Waals surface area contributed by atoms with Gasteiger partial charge >= 0.3 is 5.97 Å². The predicted octanol–water partition coefficient (Wildman–Crippen LogP) is 2.51. The van der Waals surface area contributed by atoms with Gasteiger partial charge in [-0.3, -0.25) is 9.69 Å². The molecule has 0 radical (unpaired) electrons. The zero-order chi connectivity index (χ0) is 11.3. The Hall–Kier alpha value is -0.570. The topological polar surface area (TPSA) is 40.5 Å². The number of carboxylic acid groups (broad SMARTS) is 1. The fraction of sp³-hybridized carbons (Fsp3) is 0.917. The number of aliphatic carboxylic acids is 1. The molecule has 1 heterocycles. The van der Waals surface area contributed by atoms with Crippen LogP contribution < -0.4 is 0 Å². The van der Waals surface area contributed by atoms with E-state index in [1.165, 1.54) is 32.1 Å². The molecule has 0 aromatic heterocycles. The summed E-state index contributed by atoms with van der Waals surface area (Å²) in [5.74, 6) is -0.693.